The molecule has 0 radical (unpaired) electrons. The molecule has 2 aromatic heterocycles. The number of carboxylic acids is 1. The van der Waals surface area contributed by atoms with Crippen molar-refractivity contribution in [1.82, 2.24) is 4.40 Å². The van der Waals surface area contributed by atoms with Crippen LogP contribution in [0.5, 0.6) is 0 Å². The summed E-state index contributed by atoms with van der Waals surface area (Å²) in [4.78, 5) is 23.8. The lowest BCUT2D eigenvalue weighted by Gasteiger charge is -2.11. The second-order valence-electron chi connectivity index (χ2n) is 5.85. The Kier molecular flexibility index (Phi) is 5.06. The van der Waals surface area contributed by atoms with E-state index in [0.29, 0.717) is 22.2 Å². The van der Waals surface area contributed by atoms with Crippen LogP contribution >= 0.6 is 11.6 Å². The molecule has 1 aromatic carbocycles. The minimum absolute atomic E-state index is 0.0128. The fourth-order valence-corrected chi connectivity index (χ4v) is 3.09. The van der Waals surface area contributed by atoms with E-state index in [9.17, 15) is 24.2 Å². The number of halogens is 2. The van der Waals surface area contributed by atoms with Crippen molar-refractivity contribution in [3.8, 4) is 0 Å². The second-order valence-corrected chi connectivity index (χ2v) is 6.26. The third kappa shape index (κ3) is 3.34. The maximum absolute atomic E-state index is 14.1. The summed E-state index contributed by atoms with van der Waals surface area (Å²) >= 11 is 5.79. The van der Waals surface area contributed by atoms with Crippen molar-refractivity contribution in [2.45, 2.75) is 12.8 Å². The first-order chi connectivity index (χ1) is 12.4. The Bertz CT molecular complexity index is 1060. The number of fused-ring (bicyclic) bond motifs is 1. The number of hydrogen-bond donors (Lipinski definition) is 2. The van der Waals surface area contributed by atoms with Gasteiger partial charge in [0.1, 0.15) is 11.4 Å². The number of pyridine rings is 2. The van der Waals surface area contributed by atoms with E-state index >= 15 is 0 Å². The van der Waals surface area contributed by atoms with Crippen LogP contribution in [0.2, 0.25) is 5.02 Å². The van der Waals surface area contributed by atoms with Crippen molar-refractivity contribution in [3.63, 3.8) is 0 Å². The fraction of sp³-hybridized carbons (Fsp3) is 0.158. The molecule has 3 aromatic rings. The van der Waals surface area contributed by atoms with Gasteiger partial charge in [0.2, 0.25) is 0 Å². The van der Waals surface area contributed by atoms with E-state index in [1.54, 1.807) is 24.3 Å². The first-order valence-corrected chi connectivity index (χ1v) is 8.24. The van der Waals surface area contributed by atoms with E-state index < -0.39 is 17.3 Å². The van der Waals surface area contributed by atoms with Gasteiger partial charge in [0.15, 0.2) is 0 Å². The number of hydrogen-bond acceptors (Lipinski definition) is 3. The van der Waals surface area contributed by atoms with Crippen molar-refractivity contribution >= 4 is 23.1 Å². The SMILES string of the molecule is O=C(O)c1cc(CCO)c2ccc(Cc3cccc(Cl)c3F)cn2c1=O. The van der Waals surface area contributed by atoms with Crippen LogP contribution < -0.4 is 5.56 Å². The Morgan fingerprint density at radius 1 is 1.19 bits per heavy atom. The molecule has 0 saturated heterocycles. The predicted octanol–water partition coefficient (Wildman–Crippen LogP) is 2.92. The number of aliphatic hydroxyl groups is 1. The topological polar surface area (TPSA) is 79.0 Å². The van der Waals surface area contributed by atoms with E-state index in [2.05, 4.69) is 0 Å². The first kappa shape index (κ1) is 18.1. The lowest BCUT2D eigenvalue weighted by atomic mass is 10.0. The molecule has 3 rings (SSSR count). The molecule has 7 heteroatoms. The molecule has 0 aliphatic rings. The Morgan fingerprint density at radius 2 is 1.96 bits per heavy atom. The van der Waals surface area contributed by atoms with E-state index in [4.69, 9.17) is 11.6 Å². The molecule has 0 atom stereocenters. The van der Waals surface area contributed by atoms with E-state index in [1.807, 2.05) is 0 Å². The summed E-state index contributed by atoms with van der Waals surface area (Å²) in [5.41, 5.74) is 0.988. The molecule has 2 heterocycles. The van der Waals surface area contributed by atoms with E-state index in [1.165, 1.54) is 22.7 Å². The average molecular weight is 376 g/mol. The van der Waals surface area contributed by atoms with Gasteiger partial charge in [-0.25, -0.2) is 9.18 Å². The second kappa shape index (κ2) is 7.27. The third-order valence-electron chi connectivity index (χ3n) is 4.14. The number of benzene rings is 1. The Hall–Kier alpha value is -2.70. The zero-order chi connectivity index (χ0) is 18.8. The molecule has 0 unspecified atom stereocenters. The molecule has 0 bridgehead atoms. The summed E-state index contributed by atoms with van der Waals surface area (Å²) in [6, 6.07) is 9.36. The summed E-state index contributed by atoms with van der Waals surface area (Å²) in [6.07, 6.45) is 1.90. The summed E-state index contributed by atoms with van der Waals surface area (Å²) < 4.78 is 15.3. The summed E-state index contributed by atoms with van der Waals surface area (Å²) in [5, 5.41) is 18.5. The van der Waals surface area contributed by atoms with Gasteiger partial charge in [-0.2, -0.15) is 0 Å². The number of carboxylic acid groups (broad SMARTS) is 1. The van der Waals surface area contributed by atoms with Gasteiger partial charge in [-0.1, -0.05) is 29.8 Å². The van der Waals surface area contributed by atoms with Crippen LogP contribution in [-0.4, -0.2) is 27.2 Å². The standard InChI is InChI=1S/C19H15ClFNO4/c20-15-3-1-2-13(17(15)21)8-11-4-5-16-12(6-7-23)9-14(19(25)26)18(24)22(16)10-11/h1-5,9-10,23H,6-8H2,(H,25,26). The van der Waals surface area contributed by atoms with E-state index in [-0.39, 0.29) is 30.0 Å². The molecule has 0 spiro atoms. The lowest BCUT2D eigenvalue weighted by molar-refractivity contribution is 0.0694. The molecule has 0 amide bonds. The molecule has 0 fully saturated rings. The molecule has 0 saturated carbocycles. The van der Waals surface area contributed by atoms with Crippen LogP contribution in [-0.2, 0) is 12.8 Å². The Labute approximate surface area is 152 Å². The highest BCUT2D eigenvalue weighted by atomic mass is 35.5. The molecule has 2 N–H and O–H groups in total. The molecule has 26 heavy (non-hydrogen) atoms. The predicted molar refractivity (Wildman–Crippen MR) is 95.6 cm³/mol. The molecule has 5 nitrogen and oxygen atoms in total. The highest BCUT2D eigenvalue weighted by Gasteiger charge is 2.15. The summed E-state index contributed by atoms with van der Waals surface area (Å²) in [5.74, 6) is -1.86. The average Bonchev–Trinajstić information content (AvgIpc) is 2.61. The Balaban J connectivity index is 2.15. The molecular weight excluding hydrogens is 361 g/mol. The third-order valence-corrected chi connectivity index (χ3v) is 4.44. The van der Waals surface area contributed by atoms with Crippen molar-refractivity contribution in [1.29, 1.82) is 0 Å². The van der Waals surface area contributed by atoms with Crippen LogP contribution in [0, 0.1) is 5.82 Å². The quantitative estimate of drug-likeness (QED) is 0.718. The highest BCUT2D eigenvalue weighted by Crippen LogP contribution is 2.21. The van der Waals surface area contributed by atoms with Gasteiger partial charge >= 0.3 is 5.97 Å². The largest absolute Gasteiger partial charge is 0.477 e. The van der Waals surface area contributed by atoms with Gasteiger partial charge in [-0.3, -0.25) is 9.20 Å². The minimum atomic E-state index is -1.34. The van der Waals surface area contributed by atoms with Gasteiger partial charge in [0, 0.05) is 19.2 Å². The summed E-state index contributed by atoms with van der Waals surface area (Å²) in [6.45, 7) is -0.178. The normalized spacial score (nSPS) is 11.0. The molecule has 0 aliphatic carbocycles. The zero-order valence-electron chi connectivity index (χ0n) is 13.6. The molecule has 0 aliphatic heterocycles. The first-order valence-electron chi connectivity index (χ1n) is 7.86. The van der Waals surface area contributed by atoms with Crippen molar-refractivity contribution in [2.24, 2.45) is 0 Å². The number of aromatic carboxylic acids is 1. The van der Waals surface area contributed by atoms with Crippen LogP contribution in [0.1, 0.15) is 27.0 Å². The number of carbonyl (C=O) groups is 1. The smallest absolute Gasteiger partial charge is 0.341 e. The van der Waals surface area contributed by atoms with Crippen molar-refractivity contribution in [3.05, 3.63) is 86.0 Å². The molecule has 134 valence electrons. The van der Waals surface area contributed by atoms with Gasteiger partial charge in [-0.05, 0) is 41.3 Å². The maximum Gasteiger partial charge on any atom is 0.341 e. The highest BCUT2D eigenvalue weighted by molar-refractivity contribution is 6.30. The van der Waals surface area contributed by atoms with Crippen molar-refractivity contribution in [2.75, 3.05) is 6.61 Å². The Morgan fingerprint density at radius 3 is 2.65 bits per heavy atom. The fourth-order valence-electron chi connectivity index (χ4n) is 2.90. The molecular formula is C19H15ClFNO4. The maximum atomic E-state index is 14.1. The van der Waals surface area contributed by atoms with Gasteiger partial charge in [-0.15, -0.1) is 0 Å². The number of rotatable bonds is 5. The van der Waals surface area contributed by atoms with Crippen molar-refractivity contribution < 1.29 is 19.4 Å². The van der Waals surface area contributed by atoms with Gasteiger partial charge in [0.25, 0.3) is 5.56 Å². The van der Waals surface area contributed by atoms with Crippen LogP contribution in [0.3, 0.4) is 0 Å². The van der Waals surface area contributed by atoms with Gasteiger partial charge in [0.05, 0.1) is 10.5 Å². The number of nitrogens with zero attached hydrogens (tertiary/aromatic N) is 1. The van der Waals surface area contributed by atoms with Crippen LogP contribution in [0.4, 0.5) is 4.39 Å². The van der Waals surface area contributed by atoms with E-state index in [0.717, 1.165) is 0 Å². The minimum Gasteiger partial charge on any atom is -0.477 e. The monoisotopic (exact) mass is 375 g/mol. The number of aromatic nitrogens is 1. The van der Waals surface area contributed by atoms with Crippen LogP contribution in [0.25, 0.3) is 5.52 Å². The lowest BCUT2D eigenvalue weighted by Crippen LogP contribution is -2.23. The zero-order valence-corrected chi connectivity index (χ0v) is 14.3. The van der Waals surface area contributed by atoms with Gasteiger partial charge < -0.3 is 10.2 Å². The van der Waals surface area contributed by atoms with Crippen LogP contribution in [0.15, 0.2) is 47.4 Å². The number of aliphatic hydroxyl groups excluding tert-OH is 1. The summed E-state index contributed by atoms with van der Waals surface area (Å²) in [7, 11) is 0.